The van der Waals surface area contributed by atoms with Gasteiger partial charge in [0.25, 0.3) is 0 Å². The lowest BCUT2D eigenvalue weighted by Crippen LogP contribution is -2.15. The normalized spacial score (nSPS) is 11.7. The number of rotatable bonds is 5. The molecule has 28 heavy (non-hydrogen) atoms. The monoisotopic (exact) mass is 410 g/mol. The van der Waals surface area contributed by atoms with E-state index >= 15 is 0 Å². The summed E-state index contributed by atoms with van der Waals surface area (Å²) in [6.45, 7) is 6.40. The van der Waals surface area contributed by atoms with E-state index in [0.717, 1.165) is 27.6 Å². The van der Waals surface area contributed by atoms with Crippen LogP contribution in [-0.4, -0.2) is 10.9 Å². The maximum Gasteiger partial charge on any atom is 0.250 e. The van der Waals surface area contributed by atoms with Crippen molar-refractivity contribution in [3.8, 4) is 0 Å². The van der Waals surface area contributed by atoms with Gasteiger partial charge >= 0.3 is 0 Å². The second kappa shape index (κ2) is 8.72. The molecule has 0 saturated heterocycles. The Morgan fingerprint density at radius 1 is 1.11 bits per heavy atom. The van der Waals surface area contributed by atoms with E-state index in [1.807, 2.05) is 54.6 Å². The van der Waals surface area contributed by atoms with Crippen LogP contribution in [0.2, 0.25) is 5.02 Å². The Hall–Kier alpha value is -2.43. The van der Waals surface area contributed by atoms with E-state index in [2.05, 4.69) is 26.1 Å². The third kappa shape index (κ3) is 5.54. The van der Waals surface area contributed by atoms with E-state index in [-0.39, 0.29) is 11.3 Å². The highest BCUT2D eigenvalue weighted by Crippen LogP contribution is 2.33. The summed E-state index contributed by atoms with van der Waals surface area (Å²) in [7, 11) is 0. The maximum atomic E-state index is 12.3. The van der Waals surface area contributed by atoms with Crippen LogP contribution in [0.1, 0.15) is 42.5 Å². The molecule has 1 N–H and O–H groups in total. The Morgan fingerprint density at radius 2 is 1.79 bits per heavy atom. The summed E-state index contributed by atoms with van der Waals surface area (Å²) in [4.78, 5) is 18.2. The zero-order chi connectivity index (χ0) is 20.1. The molecule has 0 aliphatic heterocycles. The first-order valence-electron chi connectivity index (χ1n) is 9.10. The number of nitrogens with one attached hydrogen (secondary N) is 1. The number of hydrogen-bond donors (Lipinski definition) is 1. The zero-order valence-corrected chi connectivity index (χ0v) is 17.8. The molecule has 0 fully saturated rings. The molecule has 0 atom stereocenters. The van der Waals surface area contributed by atoms with E-state index in [1.54, 1.807) is 6.08 Å². The van der Waals surface area contributed by atoms with E-state index in [4.69, 9.17) is 16.6 Å². The average molecular weight is 411 g/mol. The van der Waals surface area contributed by atoms with Crippen molar-refractivity contribution in [1.82, 2.24) is 4.98 Å². The molecule has 0 unspecified atom stereocenters. The van der Waals surface area contributed by atoms with Crippen molar-refractivity contribution in [1.29, 1.82) is 0 Å². The lowest BCUT2D eigenvalue weighted by atomic mass is 9.90. The SMILES string of the molecule is CC(C)(C)c1nc(NC(=O)C=Cc2ccccc2)sc1Cc1ccc(Cl)cc1. The third-order valence-electron chi connectivity index (χ3n) is 4.14. The van der Waals surface area contributed by atoms with Gasteiger partial charge in [-0.2, -0.15) is 0 Å². The first-order valence-corrected chi connectivity index (χ1v) is 10.3. The fraction of sp³-hybridized carbons (Fsp3) is 0.217. The predicted octanol–water partition coefficient (Wildman–Crippen LogP) is 6.34. The van der Waals surface area contributed by atoms with Gasteiger partial charge in [0, 0.05) is 27.8 Å². The second-order valence-corrected chi connectivity index (χ2v) is 9.10. The van der Waals surface area contributed by atoms with Crippen LogP contribution in [0, 0.1) is 0 Å². The molecule has 0 saturated carbocycles. The minimum atomic E-state index is -0.184. The van der Waals surface area contributed by atoms with Crippen LogP contribution in [0.25, 0.3) is 6.08 Å². The van der Waals surface area contributed by atoms with Gasteiger partial charge in [-0.1, -0.05) is 74.8 Å². The number of amides is 1. The molecule has 0 aliphatic carbocycles. The van der Waals surface area contributed by atoms with Crippen LogP contribution >= 0.6 is 22.9 Å². The number of anilines is 1. The summed E-state index contributed by atoms with van der Waals surface area (Å²) in [6, 6.07) is 17.6. The smallest absolute Gasteiger partial charge is 0.250 e. The van der Waals surface area contributed by atoms with Crippen molar-refractivity contribution >= 4 is 40.1 Å². The summed E-state index contributed by atoms with van der Waals surface area (Å²) in [5, 5.41) is 4.25. The minimum absolute atomic E-state index is 0.110. The quantitative estimate of drug-likeness (QED) is 0.499. The number of carbonyl (C=O) groups excluding carboxylic acids is 1. The fourth-order valence-corrected chi connectivity index (χ4v) is 4.12. The van der Waals surface area contributed by atoms with Gasteiger partial charge in [0.2, 0.25) is 5.91 Å². The van der Waals surface area contributed by atoms with E-state index in [1.165, 1.54) is 23.0 Å². The Morgan fingerprint density at radius 3 is 2.43 bits per heavy atom. The Balaban J connectivity index is 1.78. The second-order valence-electron chi connectivity index (χ2n) is 7.58. The van der Waals surface area contributed by atoms with Gasteiger partial charge in [0.1, 0.15) is 0 Å². The van der Waals surface area contributed by atoms with Gasteiger partial charge in [-0.15, -0.1) is 11.3 Å². The van der Waals surface area contributed by atoms with Crippen LogP contribution in [0.5, 0.6) is 0 Å². The van der Waals surface area contributed by atoms with E-state index in [9.17, 15) is 4.79 Å². The molecule has 144 valence electrons. The van der Waals surface area contributed by atoms with E-state index < -0.39 is 0 Å². The Labute approximate surface area is 175 Å². The molecular formula is C23H23ClN2OS. The minimum Gasteiger partial charge on any atom is -0.298 e. The first kappa shape index (κ1) is 20.3. The molecule has 0 radical (unpaired) electrons. The van der Waals surface area contributed by atoms with Gasteiger partial charge in [-0.25, -0.2) is 4.98 Å². The van der Waals surface area contributed by atoms with Gasteiger partial charge in [0.05, 0.1) is 5.69 Å². The van der Waals surface area contributed by atoms with Crippen LogP contribution in [0.15, 0.2) is 60.7 Å². The van der Waals surface area contributed by atoms with Crippen LogP contribution in [-0.2, 0) is 16.6 Å². The number of aromatic nitrogens is 1. The highest BCUT2D eigenvalue weighted by Gasteiger charge is 2.23. The van der Waals surface area contributed by atoms with Crippen molar-refractivity contribution in [3.05, 3.63) is 87.4 Å². The molecule has 0 aliphatic rings. The van der Waals surface area contributed by atoms with Crippen molar-refractivity contribution in [2.75, 3.05) is 5.32 Å². The number of hydrogen-bond acceptors (Lipinski definition) is 3. The lowest BCUT2D eigenvalue weighted by molar-refractivity contribution is -0.111. The standard InChI is InChI=1S/C23H23ClN2OS/c1-23(2,3)21-19(15-17-9-12-18(24)13-10-17)28-22(26-21)25-20(27)14-11-16-7-5-4-6-8-16/h4-14H,15H2,1-3H3,(H,25,26,27). The predicted molar refractivity (Wildman–Crippen MR) is 119 cm³/mol. The molecule has 3 rings (SSSR count). The zero-order valence-electron chi connectivity index (χ0n) is 16.2. The number of carbonyl (C=O) groups is 1. The Kier molecular flexibility index (Phi) is 6.32. The number of halogens is 1. The maximum absolute atomic E-state index is 12.3. The summed E-state index contributed by atoms with van der Waals surface area (Å²) in [5.74, 6) is -0.184. The summed E-state index contributed by atoms with van der Waals surface area (Å²) in [5.41, 5.74) is 3.05. The molecule has 5 heteroatoms. The summed E-state index contributed by atoms with van der Waals surface area (Å²) >= 11 is 7.52. The van der Waals surface area contributed by atoms with E-state index in [0.29, 0.717) is 5.13 Å². The van der Waals surface area contributed by atoms with Crippen LogP contribution < -0.4 is 5.32 Å². The number of thiazole rings is 1. The van der Waals surface area contributed by atoms with Crippen molar-refractivity contribution < 1.29 is 4.79 Å². The van der Waals surface area contributed by atoms with Gasteiger partial charge < -0.3 is 0 Å². The largest absolute Gasteiger partial charge is 0.298 e. The molecule has 1 heterocycles. The first-order chi connectivity index (χ1) is 13.3. The van der Waals surface area contributed by atoms with Gasteiger partial charge in [-0.05, 0) is 29.3 Å². The molecule has 1 aromatic heterocycles. The average Bonchev–Trinajstić information content (AvgIpc) is 3.05. The Bertz CT molecular complexity index is 970. The third-order valence-corrected chi connectivity index (χ3v) is 5.37. The molecule has 3 aromatic rings. The molecule has 2 aromatic carbocycles. The highest BCUT2D eigenvalue weighted by atomic mass is 35.5. The van der Waals surface area contributed by atoms with Gasteiger partial charge in [0.15, 0.2) is 5.13 Å². The van der Waals surface area contributed by atoms with Crippen molar-refractivity contribution in [3.63, 3.8) is 0 Å². The topological polar surface area (TPSA) is 42.0 Å². The number of nitrogens with zero attached hydrogens (tertiary/aromatic N) is 1. The lowest BCUT2D eigenvalue weighted by Gasteiger charge is -2.17. The van der Waals surface area contributed by atoms with Crippen molar-refractivity contribution in [2.45, 2.75) is 32.6 Å². The summed E-state index contributed by atoms with van der Waals surface area (Å²) < 4.78 is 0. The summed E-state index contributed by atoms with van der Waals surface area (Å²) in [6.07, 6.45) is 4.09. The molecule has 0 spiro atoms. The molecule has 3 nitrogen and oxygen atoms in total. The fourth-order valence-electron chi connectivity index (χ4n) is 2.78. The van der Waals surface area contributed by atoms with Gasteiger partial charge in [-0.3, -0.25) is 10.1 Å². The molecule has 0 bridgehead atoms. The molecular weight excluding hydrogens is 388 g/mol. The molecule has 1 amide bonds. The van der Waals surface area contributed by atoms with Crippen LogP contribution in [0.4, 0.5) is 5.13 Å². The van der Waals surface area contributed by atoms with Crippen LogP contribution in [0.3, 0.4) is 0 Å². The number of benzene rings is 2. The highest BCUT2D eigenvalue weighted by molar-refractivity contribution is 7.16. The van der Waals surface area contributed by atoms with Crippen molar-refractivity contribution in [2.24, 2.45) is 0 Å².